The van der Waals surface area contributed by atoms with Crippen LogP contribution in [0.2, 0.25) is 5.22 Å². The molecule has 0 fully saturated rings. The van der Waals surface area contributed by atoms with E-state index in [2.05, 4.69) is 34.2 Å². The number of furan rings is 1. The van der Waals surface area contributed by atoms with Gasteiger partial charge in [0.15, 0.2) is 5.22 Å². The summed E-state index contributed by atoms with van der Waals surface area (Å²) in [6.07, 6.45) is 0. The first-order valence-electron chi connectivity index (χ1n) is 4.89. The fourth-order valence-electron chi connectivity index (χ4n) is 1.41. The van der Waals surface area contributed by atoms with Gasteiger partial charge < -0.3 is 9.73 Å². The average molecular weight is 301 g/mol. The molecule has 0 unspecified atom stereocenters. The number of aryl methyl sites for hydroxylation is 1. The minimum absolute atomic E-state index is 0.419. The van der Waals surface area contributed by atoms with Crippen molar-refractivity contribution in [3.63, 3.8) is 0 Å². The molecule has 0 atom stereocenters. The maximum Gasteiger partial charge on any atom is 0.193 e. The molecule has 1 aromatic heterocycles. The second-order valence-corrected chi connectivity index (χ2v) is 4.81. The lowest BCUT2D eigenvalue weighted by atomic mass is 10.2. The minimum Gasteiger partial charge on any atom is -0.448 e. The zero-order valence-electron chi connectivity index (χ0n) is 8.76. The third-order valence-electron chi connectivity index (χ3n) is 2.28. The number of nitrogens with one attached hydrogen (secondary N) is 1. The number of rotatable bonds is 3. The van der Waals surface area contributed by atoms with Crippen molar-refractivity contribution in [1.29, 1.82) is 0 Å². The van der Waals surface area contributed by atoms with Gasteiger partial charge in [0.05, 0.1) is 6.54 Å². The van der Waals surface area contributed by atoms with Gasteiger partial charge in [-0.15, -0.1) is 0 Å². The standard InChI is InChI=1S/C12H11BrClNO/c1-8-2-3-9(13)6-11(8)15-7-10-4-5-12(14)16-10/h2-6,15H,7H2,1H3. The molecule has 1 N–H and O–H groups in total. The van der Waals surface area contributed by atoms with E-state index in [-0.39, 0.29) is 0 Å². The summed E-state index contributed by atoms with van der Waals surface area (Å²) >= 11 is 9.14. The van der Waals surface area contributed by atoms with Crippen molar-refractivity contribution in [3.05, 3.63) is 51.3 Å². The van der Waals surface area contributed by atoms with Crippen LogP contribution < -0.4 is 5.32 Å². The maximum atomic E-state index is 5.70. The molecule has 84 valence electrons. The SMILES string of the molecule is Cc1ccc(Br)cc1NCc1ccc(Cl)o1. The third kappa shape index (κ3) is 2.80. The molecular weight excluding hydrogens is 289 g/mol. The maximum absolute atomic E-state index is 5.70. The number of halogens is 2. The van der Waals surface area contributed by atoms with E-state index in [0.29, 0.717) is 11.8 Å². The lowest BCUT2D eigenvalue weighted by molar-refractivity contribution is 0.520. The van der Waals surface area contributed by atoms with Crippen molar-refractivity contribution in [2.24, 2.45) is 0 Å². The van der Waals surface area contributed by atoms with Gasteiger partial charge in [-0.05, 0) is 48.4 Å². The number of anilines is 1. The van der Waals surface area contributed by atoms with Crippen LogP contribution >= 0.6 is 27.5 Å². The van der Waals surface area contributed by atoms with Gasteiger partial charge in [0.25, 0.3) is 0 Å². The molecule has 0 spiro atoms. The van der Waals surface area contributed by atoms with E-state index in [1.807, 2.05) is 18.2 Å². The Morgan fingerprint density at radius 3 is 2.81 bits per heavy atom. The summed E-state index contributed by atoms with van der Waals surface area (Å²) < 4.78 is 6.32. The predicted octanol–water partition coefficient (Wildman–Crippen LogP) is 4.62. The summed E-state index contributed by atoms with van der Waals surface area (Å²) in [6, 6.07) is 9.72. The average Bonchev–Trinajstić information content (AvgIpc) is 2.66. The molecule has 1 heterocycles. The first-order valence-corrected chi connectivity index (χ1v) is 6.06. The van der Waals surface area contributed by atoms with E-state index in [9.17, 15) is 0 Å². The second kappa shape index (κ2) is 4.93. The summed E-state index contributed by atoms with van der Waals surface area (Å²) in [5, 5.41) is 3.72. The molecule has 16 heavy (non-hydrogen) atoms. The summed E-state index contributed by atoms with van der Waals surface area (Å²) in [4.78, 5) is 0. The van der Waals surface area contributed by atoms with Crippen LogP contribution in [0.3, 0.4) is 0 Å². The van der Waals surface area contributed by atoms with Crippen LogP contribution in [-0.4, -0.2) is 0 Å². The molecule has 2 nitrogen and oxygen atoms in total. The van der Waals surface area contributed by atoms with Crippen LogP contribution in [0.15, 0.2) is 39.2 Å². The first kappa shape index (κ1) is 11.6. The van der Waals surface area contributed by atoms with Crippen LogP contribution in [0.5, 0.6) is 0 Å². The van der Waals surface area contributed by atoms with Crippen molar-refractivity contribution in [1.82, 2.24) is 0 Å². The van der Waals surface area contributed by atoms with Crippen LogP contribution in [0.4, 0.5) is 5.69 Å². The Hall–Kier alpha value is -0.930. The Kier molecular flexibility index (Phi) is 3.56. The molecule has 0 aliphatic carbocycles. The highest BCUT2D eigenvalue weighted by molar-refractivity contribution is 9.10. The highest BCUT2D eigenvalue weighted by atomic mass is 79.9. The number of hydrogen-bond acceptors (Lipinski definition) is 2. The van der Waals surface area contributed by atoms with Gasteiger partial charge in [-0.2, -0.15) is 0 Å². The van der Waals surface area contributed by atoms with E-state index < -0.39 is 0 Å². The molecule has 2 aromatic rings. The van der Waals surface area contributed by atoms with E-state index in [0.717, 1.165) is 15.9 Å². The van der Waals surface area contributed by atoms with Gasteiger partial charge in [0.1, 0.15) is 5.76 Å². The summed E-state index contributed by atoms with van der Waals surface area (Å²) in [7, 11) is 0. The molecule has 0 aliphatic heterocycles. The van der Waals surface area contributed by atoms with E-state index in [4.69, 9.17) is 16.0 Å². The first-order chi connectivity index (χ1) is 7.65. The second-order valence-electron chi connectivity index (χ2n) is 3.52. The van der Waals surface area contributed by atoms with E-state index in [1.54, 1.807) is 6.07 Å². The molecule has 0 saturated heterocycles. The Balaban J connectivity index is 2.07. The highest BCUT2D eigenvalue weighted by Crippen LogP contribution is 2.22. The Labute approximate surface area is 108 Å². The van der Waals surface area contributed by atoms with Gasteiger partial charge in [-0.25, -0.2) is 0 Å². The lowest BCUT2D eigenvalue weighted by Gasteiger charge is -2.08. The number of benzene rings is 1. The smallest absolute Gasteiger partial charge is 0.193 e. The lowest BCUT2D eigenvalue weighted by Crippen LogP contribution is -1.99. The Morgan fingerprint density at radius 2 is 2.12 bits per heavy atom. The normalized spacial score (nSPS) is 10.4. The zero-order chi connectivity index (χ0) is 11.5. The topological polar surface area (TPSA) is 25.2 Å². The molecule has 4 heteroatoms. The van der Waals surface area contributed by atoms with Crippen molar-refractivity contribution < 1.29 is 4.42 Å². The molecular formula is C12H11BrClNO. The predicted molar refractivity (Wildman–Crippen MR) is 69.9 cm³/mol. The van der Waals surface area contributed by atoms with Crippen LogP contribution in [0.1, 0.15) is 11.3 Å². The van der Waals surface area contributed by atoms with Gasteiger partial charge in [0, 0.05) is 10.2 Å². The van der Waals surface area contributed by atoms with E-state index in [1.165, 1.54) is 5.56 Å². The molecule has 0 amide bonds. The fraction of sp³-hybridized carbons (Fsp3) is 0.167. The fourth-order valence-corrected chi connectivity index (χ4v) is 1.94. The molecule has 0 bridgehead atoms. The van der Waals surface area contributed by atoms with Gasteiger partial charge >= 0.3 is 0 Å². The summed E-state index contributed by atoms with van der Waals surface area (Å²) in [5.41, 5.74) is 2.28. The summed E-state index contributed by atoms with van der Waals surface area (Å²) in [6.45, 7) is 2.69. The Bertz CT molecular complexity index is 496. The molecule has 0 saturated carbocycles. The highest BCUT2D eigenvalue weighted by Gasteiger charge is 2.02. The quantitative estimate of drug-likeness (QED) is 0.895. The molecule has 1 aromatic carbocycles. The monoisotopic (exact) mass is 299 g/mol. The van der Waals surface area contributed by atoms with Crippen LogP contribution in [-0.2, 0) is 6.54 Å². The van der Waals surface area contributed by atoms with Crippen LogP contribution in [0, 0.1) is 6.92 Å². The minimum atomic E-state index is 0.419. The van der Waals surface area contributed by atoms with Crippen molar-refractivity contribution in [2.45, 2.75) is 13.5 Å². The van der Waals surface area contributed by atoms with Gasteiger partial charge in [0.2, 0.25) is 0 Å². The Morgan fingerprint density at radius 1 is 1.31 bits per heavy atom. The van der Waals surface area contributed by atoms with Crippen molar-refractivity contribution >= 4 is 33.2 Å². The number of hydrogen-bond donors (Lipinski definition) is 1. The summed E-state index contributed by atoms with van der Waals surface area (Å²) in [5.74, 6) is 0.823. The third-order valence-corrected chi connectivity index (χ3v) is 2.98. The molecule has 2 rings (SSSR count). The molecule has 0 radical (unpaired) electrons. The molecule has 0 aliphatic rings. The van der Waals surface area contributed by atoms with Crippen LogP contribution in [0.25, 0.3) is 0 Å². The van der Waals surface area contributed by atoms with E-state index >= 15 is 0 Å². The van der Waals surface area contributed by atoms with Gasteiger partial charge in [-0.1, -0.05) is 22.0 Å². The van der Waals surface area contributed by atoms with Crippen molar-refractivity contribution in [3.8, 4) is 0 Å². The van der Waals surface area contributed by atoms with Crippen molar-refractivity contribution in [2.75, 3.05) is 5.32 Å². The largest absolute Gasteiger partial charge is 0.448 e. The van der Waals surface area contributed by atoms with Gasteiger partial charge in [-0.3, -0.25) is 0 Å². The zero-order valence-corrected chi connectivity index (χ0v) is 11.1.